The van der Waals surface area contributed by atoms with Crippen molar-refractivity contribution in [2.75, 3.05) is 20.1 Å². The van der Waals surface area contributed by atoms with Crippen LogP contribution in [0.2, 0.25) is 0 Å². The lowest BCUT2D eigenvalue weighted by molar-refractivity contribution is -0.132. The molecule has 1 amide bonds. The Labute approximate surface area is 104 Å². The minimum absolute atomic E-state index is 0.185. The number of nitrogens with one attached hydrogen (secondary N) is 1. The van der Waals surface area contributed by atoms with E-state index in [1.807, 2.05) is 36.2 Å². The Balaban J connectivity index is 1.96. The van der Waals surface area contributed by atoms with Crippen LogP contribution >= 0.6 is 15.9 Å². The van der Waals surface area contributed by atoms with Crippen LogP contribution in [0, 0.1) is 0 Å². The topological polar surface area (TPSA) is 32.3 Å². The Hall–Kier alpha value is -0.870. The predicted octanol–water partition coefficient (Wildman–Crippen LogP) is 1.42. The SMILES string of the molecule is CN(C(=O)Cc1cccc(Br)c1)C1CNC1. The van der Waals surface area contributed by atoms with E-state index >= 15 is 0 Å². The first kappa shape index (κ1) is 11.6. The highest BCUT2D eigenvalue weighted by Crippen LogP contribution is 2.13. The van der Waals surface area contributed by atoms with Crippen LogP contribution in [0.1, 0.15) is 5.56 Å². The molecule has 3 nitrogen and oxygen atoms in total. The van der Waals surface area contributed by atoms with Crippen LogP contribution in [0.5, 0.6) is 0 Å². The first-order valence-electron chi connectivity index (χ1n) is 5.37. The molecule has 0 atom stereocenters. The van der Waals surface area contributed by atoms with E-state index in [0.29, 0.717) is 12.5 Å². The van der Waals surface area contributed by atoms with Gasteiger partial charge in [-0.05, 0) is 17.7 Å². The van der Waals surface area contributed by atoms with Crippen molar-refractivity contribution >= 4 is 21.8 Å². The van der Waals surface area contributed by atoms with Gasteiger partial charge < -0.3 is 10.2 Å². The highest BCUT2D eigenvalue weighted by atomic mass is 79.9. The predicted molar refractivity (Wildman–Crippen MR) is 67.3 cm³/mol. The molecule has 0 bridgehead atoms. The maximum atomic E-state index is 11.9. The third-order valence-electron chi connectivity index (χ3n) is 2.95. The van der Waals surface area contributed by atoms with Crippen LogP contribution in [-0.4, -0.2) is 37.0 Å². The number of carbonyl (C=O) groups is 1. The molecule has 16 heavy (non-hydrogen) atoms. The summed E-state index contributed by atoms with van der Waals surface area (Å²) in [5, 5.41) is 3.17. The van der Waals surface area contributed by atoms with Crippen molar-refractivity contribution in [2.45, 2.75) is 12.5 Å². The Morgan fingerprint density at radius 1 is 1.56 bits per heavy atom. The highest BCUT2D eigenvalue weighted by molar-refractivity contribution is 9.10. The molecule has 1 aliphatic rings. The summed E-state index contributed by atoms with van der Waals surface area (Å²) in [5.41, 5.74) is 1.05. The second kappa shape index (κ2) is 4.97. The molecule has 1 fully saturated rings. The molecule has 0 spiro atoms. The van der Waals surface area contributed by atoms with Crippen LogP contribution in [-0.2, 0) is 11.2 Å². The summed E-state index contributed by atoms with van der Waals surface area (Å²) < 4.78 is 1.02. The fourth-order valence-electron chi connectivity index (χ4n) is 1.70. The van der Waals surface area contributed by atoms with E-state index in [-0.39, 0.29) is 5.91 Å². The lowest BCUT2D eigenvalue weighted by Crippen LogP contribution is -2.57. The van der Waals surface area contributed by atoms with Crippen molar-refractivity contribution < 1.29 is 4.79 Å². The molecule has 1 aromatic rings. The Morgan fingerprint density at radius 3 is 2.88 bits per heavy atom. The maximum absolute atomic E-state index is 11.9. The number of carbonyl (C=O) groups excluding carboxylic acids is 1. The second-order valence-corrected chi connectivity index (χ2v) is 5.04. The van der Waals surface area contributed by atoms with E-state index < -0.39 is 0 Å². The molecule has 0 aromatic heterocycles. The maximum Gasteiger partial charge on any atom is 0.227 e. The number of hydrogen-bond acceptors (Lipinski definition) is 2. The van der Waals surface area contributed by atoms with E-state index in [1.165, 1.54) is 0 Å². The summed E-state index contributed by atoms with van der Waals surface area (Å²) in [6.07, 6.45) is 0.479. The molecule has 0 saturated carbocycles. The van der Waals surface area contributed by atoms with E-state index in [9.17, 15) is 4.79 Å². The Bertz CT molecular complexity index is 390. The van der Waals surface area contributed by atoms with Crippen molar-refractivity contribution in [3.8, 4) is 0 Å². The van der Waals surface area contributed by atoms with Crippen LogP contribution in [0.4, 0.5) is 0 Å². The monoisotopic (exact) mass is 282 g/mol. The van der Waals surface area contributed by atoms with Gasteiger partial charge in [-0.25, -0.2) is 0 Å². The zero-order chi connectivity index (χ0) is 11.5. The third kappa shape index (κ3) is 2.62. The summed E-state index contributed by atoms with van der Waals surface area (Å²) >= 11 is 3.41. The molecule has 2 rings (SSSR count). The van der Waals surface area contributed by atoms with Gasteiger partial charge in [0.25, 0.3) is 0 Å². The average Bonchev–Trinajstić information content (AvgIpc) is 2.14. The van der Waals surface area contributed by atoms with Crippen molar-refractivity contribution in [3.63, 3.8) is 0 Å². The molecule has 0 aliphatic carbocycles. The van der Waals surface area contributed by atoms with Crippen molar-refractivity contribution in [1.82, 2.24) is 10.2 Å². The molecule has 1 N–H and O–H groups in total. The lowest BCUT2D eigenvalue weighted by atomic mass is 10.1. The van der Waals surface area contributed by atoms with Gasteiger partial charge >= 0.3 is 0 Å². The number of nitrogens with zero attached hydrogens (tertiary/aromatic N) is 1. The average molecular weight is 283 g/mol. The van der Waals surface area contributed by atoms with Crippen LogP contribution in [0.25, 0.3) is 0 Å². The van der Waals surface area contributed by atoms with E-state index in [0.717, 1.165) is 23.1 Å². The molecular formula is C12H15BrN2O. The molecule has 0 radical (unpaired) electrons. The van der Waals surface area contributed by atoms with Crippen LogP contribution < -0.4 is 5.32 Å². The summed E-state index contributed by atoms with van der Waals surface area (Å²) in [6, 6.07) is 8.27. The van der Waals surface area contributed by atoms with Gasteiger partial charge in [0, 0.05) is 24.6 Å². The first-order chi connectivity index (χ1) is 7.66. The fraction of sp³-hybridized carbons (Fsp3) is 0.417. The summed E-state index contributed by atoms with van der Waals surface area (Å²) in [6.45, 7) is 1.83. The molecule has 4 heteroatoms. The molecule has 1 aliphatic heterocycles. The van der Waals surface area contributed by atoms with Gasteiger partial charge in [0.15, 0.2) is 0 Å². The van der Waals surface area contributed by atoms with Crippen LogP contribution in [0.3, 0.4) is 0 Å². The highest BCUT2D eigenvalue weighted by Gasteiger charge is 2.24. The van der Waals surface area contributed by atoms with E-state index in [1.54, 1.807) is 0 Å². The zero-order valence-corrected chi connectivity index (χ0v) is 10.8. The smallest absolute Gasteiger partial charge is 0.227 e. The Morgan fingerprint density at radius 2 is 2.31 bits per heavy atom. The van der Waals surface area contributed by atoms with Gasteiger partial charge in [0.2, 0.25) is 5.91 Å². The summed E-state index contributed by atoms with van der Waals surface area (Å²) in [4.78, 5) is 13.8. The van der Waals surface area contributed by atoms with Gasteiger partial charge in [-0.15, -0.1) is 0 Å². The molecule has 1 aromatic carbocycles. The summed E-state index contributed by atoms with van der Waals surface area (Å²) in [7, 11) is 1.88. The second-order valence-electron chi connectivity index (χ2n) is 4.12. The number of amides is 1. The number of rotatable bonds is 3. The van der Waals surface area contributed by atoms with Gasteiger partial charge in [0.05, 0.1) is 12.5 Å². The number of hydrogen-bond donors (Lipinski definition) is 1. The van der Waals surface area contributed by atoms with Gasteiger partial charge in [-0.3, -0.25) is 4.79 Å². The number of halogens is 1. The summed E-state index contributed by atoms with van der Waals surface area (Å²) in [5.74, 6) is 0.185. The minimum Gasteiger partial charge on any atom is -0.340 e. The number of benzene rings is 1. The largest absolute Gasteiger partial charge is 0.340 e. The zero-order valence-electron chi connectivity index (χ0n) is 9.24. The number of likely N-dealkylation sites (N-methyl/N-ethyl adjacent to an activating group) is 1. The molecule has 0 unspecified atom stereocenters. The van der Waals surface area contributed by atoms with Gasteiger partial charge in [0.1, 0.15) is 0 Å². The minimum atomic E-state index is 0.185. The fourth-order valence-corrected chi connectivity index (χ4v) is 2.14. The van der Waals surface area contributed by atoms with Gasteiger partial charge in [-0.1, -0.05) is 28.1 Å². The Kier molecular flexibility index (Phi) is 3.61. The molecular weight excluding hydrogens is 268 g/mol. The van der Waals surface area contributed by atoms with Crippen LogP contribution in [0.15, 0.2) is 28.7 Å². The quantitative estimate of drug-likeness (QED) is 0.910. The van der Waals surface area contributed by atoms with Gasteiger partial charge in [-0.2, -0.15) is 0 Å². The lowest BCUT2D eigenvalue weighted by Gasteiger charge is -2.35. The molecule has 86 valence electrons. The van der Waals surface area contributed by atoms with E-state index in [2.05, 4.69) is 21.2 Å². The first-order valence-corrected chi connectivity index (χ1v) is 6.17. The normalized spacial score (nSPS) is 15.6. The van der Waals surface area contributed by atoms with Crippen molar-refractivity contribution in [2.24, 2.45) is 0 Å². The van der Waals surface area contributed by atoms with Crippen molar-refractivity contribution in [3.05, 3.63) is 34.3 Å². The molecule has 1 saturated heterocycles. The third-order valence-corrected chi connectivity index (χ3v) is 3.44. The van der Waals surface area contributed by atoms with E-state index in [4.69, 9.17) is 0 Å². The van der Waals surface area contributed by atoms with Crippen molar-refractivity contribution in [1.29, 1.82) is 0 Å². The molecule has 1 heterocycles. The standard InChI is InChI=1S/C12H15BrN2O/c1-15(11-7-14-8-11)12(16)6-9-3-2-4-10(13)5-9/h2-5,11,14H,6-8H2,1H3.